The first-order valence-corrected chi connectivity index (χ1v) is 10.3. The van der Waals surface area contributed by atoms with Crippen molar-refractivity contribution in [1.29, 1.82) is 0 Å². The number of ether oxygens (including phenoxy) is 1. The minimum Gasteiger partial charge on any atom is -0.486 e. The van der Waals surface area contributed by atoms with Crippen LogP contribution < -0.4 is 10.5 Å². The number of carbonyl (C=O) groups is 2. The van der Waals surface area contributed by atoms with Gasteiger partial charge in [0.05, 0.1) is 0 Å². The Kier molecular flexibility index (Phi) is 7.23. The smallest absolute Gasteiger partial charge is 0.248 e. The monoisotopic (exact) mass is 444 g/mol. The van der Waals surface area contributed by atoms with Crippen LogP contribution in [0.15, 0.2) is 53.0 Å². The van der Waals surface area contributed by atoms with Crippen molar-refractivity contribution in [3.8, 4) is 5.75 Å². The Morgan fingerprint density at radius 1 is 1.04 bits per heavy atom. The first-order valence-electron chi connectivity index (χ1n) is 9.51. The van der Waals surface area contributed by atoms with E-state index in [1.807, 2.05) is 0 Å². The highest BCUT2D eigenvalue weighted by atomic mass is 79.9. The number of amides is 1. The number of hydrogen-bond acceptors (Lipinski definition) is 4. The summed E-state index contributed by atoms with van der Waals surface area (Å²) in [4.78, 5) is 25.8. The van der Waals surface area contributed by atoms with E-state index in [2.05, 4.69) is 45.1 Å². The van der Waals surface area contributed by atoms with Gasteiger partial charge >= 0.3 is 0 Å². The summed E-state index contributed by atoms with van der Waals surface area (Å²) in [5.74, 6) is 0.636. The number of Topliss-reactive ketones (excluding diaryl/α,β-unsaturated/α-hetero) is 1. The molecule has 0 atom stereocenters. The fourth-order valence-corrected chi connectivity index (χ4v) is 3.72. The van der Waals surface area contributed by atoms with E-state index in [1.54, 1.807) is 24.3 Å². The van der Waals surface area contributed by atoms with Gasteiger partial charge in [0.15, 0.2) is 5.78 Å². The maximum atomic E-state index is 12.2. The van der Waals surface area contributed by atoms with E-state index in [-0.39, 0.29) is 12.4 Å². The van der Waals surface area contributed by atoms with Crippen molar-refractivity contribution in [2.45, 2.75) is 25.8 Å². The second-order valence-corrected chi connectivity index (χ2v) is 8.18. The molecule has 2 N–H and O–H groups in total. The summed E-state index contributed by atoms with van der Waals surface area (Å²) in [7, 11) is 0. The summed E-state index contributed by atoms with van der Waals surface area (Å²) >= 11 is 3.46. The van der Waals surface area contributed by atoms with Gasteiger partial charge in [-0.25, -0.2) is 0 Å². The fourth-order valence-electron chi connectivity index (χ4n) is 3.46. The maximum absolute atomic E-state index is 12.2. The molecule has 6 heteroatoms. The van der Waals surface area contributed by atoms with Crippen LogP contribution in [0.3, 0.4) is 0 Å². The summed E-state index contributed by atoms with van der Waals surface area (Å²) in [5, 5.41) is 0. The minimum atomic E-state index is -0.478. The number of hydrogen-bond donors (Lipinski definition) is 1. The molecule has 2 aromatic carbocycles. The molecule has 148 valence electrons. The predicted molar refractivity (Wildman–Crippen MR) is 112 cm³/mol. The molecule has 0 bridgehead atoms. The van der Waals surface area contributed by atoms with Crippen LogP contribution in [0.5, 0.6) is 5.75 Å². The van der Waals surface area contributed by atoms with Gasteiger partial charge < -0.3 is 10.5 Å². The molecule has 1 saturated heterocycles. The number of piperidine rings is 1. The second kappa shape index (κ2) is 9.85. The van der Waals surface area contributed by atoms with Crippen molar-refractivity contribution in [3.05, 3.63) is 64.1 Å². The van der Waals surface area contributed by atoms with Crippen LogP contribution in [0.1, 0.15) is 35.2 Å². The van der Waals surface area contributed by atoms with Crippen molar-refractivity contribution < 1.29 is 14.3 Å². The predicted octanol–water partition coefficient (Wildman–Crippen LogP) is 3.80. The van der Waals surface area contributed by atoms with Gasteiger partial charge in [-0.05, 0) is 73.8 Å². The van der Waals surface area contributed by atoms with Crippen molar-refractivity contribution in [1.82, 2.24) is 4.90 Å². The summed E-state index contributed by atoms with van der Waals surface area (Å²) in [6, 6.07) is 15.0. The summed E-state index contributed by atoms with van der Waals surface area (Å²) in [6.07, 6.45) is 2.64. The molecule has 0 aliphatic carbocycles. The highest BCUT2D eigenvalue weighted by Crippen LogP contribution is 2.23. The lowest BCUT2D eigenvalue weighted by Gasteiger charge is -2.31. The summed E-state index contributed by atoms with van der Waals surface area (Å²) in [6.45, 7) is 3.06. The van der Waals surface area contributed by atoms with E-state index in [0.29, 0.717) is 23.7 Å². The Balaban J connectivity index is 1.37. The van der Waals surface area contributed by atoms with Crippen molar-refractivity contribution in [2.24, 2.45) is 11.7 Å². The van der Waals surface area contributed by atoms with Gasteiger partial charge in [0.2, 0.25) is 5.91 Å². The molecule has 0 saturated carbocycles. The van der Waals surface area contributed by atoms with Gasteiger partial charge in [-0.3, -0.25) is 14.5 Å². The molecule has 2 aromatic rings. The molecular weight excluding hydrogens is 420 g/mol. The highest BCUT2D eigenvalue weighted by molar-refractivity contribution is 9.10. The average molecular weight is 445 g/mol. The molecule has 0 radical (unpaired) electrons. The SMILES string of the molecule is NC(=O)c1ccc(OCC(=O)CC2CCN(Cc3ccc(Br)cc3)CC2)cc1. The first kappa shape index (κ1) is 20.6. The summed E-state index contributed by atoms with van der Waals surface area (Å²) < 4.78 is 6.63. The zero-order valence-corrected chi connectivity index (χ0v) is 17.4. The third-order valence-corrected chi connectivity index (χ3v) is 5.61. The number of rotatable bonds is 8. The van der Waals surface area contributed by atoms with Crippen LogP contribution in [0.4, 0.5) is 0 Å². The van der Waals surface area contributed by atoms with Gasteiger partial charge in [0, 0.05) is 23.0 Å². The molecule has 1 heterocycles. The van der Waals surface area contributed by atoms with Crippen LogP contribution >= 0.6 is 15.9 Å². The van der Waals surface area contributed by atoms with E-state index in [4.69, 9.17) is 10.5 Å². The minimum absolute atomic E-state index is 0.0645. The standard InChI is InChI=1S/C22H25BrN2O3/c23-19-5-1-17(2-6-19)14-25-11-9-16(10-12-25)13-20(26)15-28-21-7-3-18(4-8-21)22(24)27/h1-8,16H,9-15H2,(H2,24,27). The van der Waals surface area contributed by atoms with Crippen LogP contribution in [-0.4, -0.2) is 36.3 Å². The number of primary amides is 1. The normalized spacial score (nSPS) is 15.3. The lowest BCUT2D eigenvalue weighted by atomic mass is 9.91. The molecule has 1 fully saturated rings. The first-order chi connectivity index (χ1) is 13.5. The lowest BCUT2D eigenvalue weighted by Crippen LogP contribution is -2.34. The Morgan fingerprint density at radius 3 is 2.29 bits per heavy atom. The van der Waals surface area contributed by atoms with Gasteiger partial charge in [0.25, 0.3) is 0 Å². The Bertz CT molecular complexity index is 798. The second-order valence-electron chi connectivity index (χ2n) is 7.27. The molecule has 0 unspecified atom stereocenters. The van der Waals surface area contributed by atoms with Crippen molar-refractivity contribution >= 4 is 27.6 Å². The number of likely N-dealkylation sites (tertiary alicyclic amines) is 1. The molecule has 3 rings (SSSR count). The Hall–Kier alpha value is -2.18. The molecule has 5 nitrogen and oxygen atoms in total. The van der Waals surface area contributed by atoms with E-state index in [0.717, 1.165) is 36.9 Å². The third-order valence-electron chi connectivity index (χ3n) is 5.08. The van der Waals surface area contributed by atoms with E-state index in [1.165, 1.54) is 5.56 Å². The number of benzene rings is 2. The van der Waals surface area contributed by atoms with Gasteiger partial charge in [-0.1, -0.05) is 28.1 Å². The largest absolute Gasteiger partial charge is 0.486 e. The van der Waals surface area contributed by atoms with Crippen molar-refractivity contribution in [3.63, 3.8) is 0 Å². The number of carbonyl (C=O) groups excluding carboxylic acids is 2. The highest BCUT2D eigenvalue weighted by Gasteiger charge is 2.21. The average Bonchev–Trinajstić information content (AvgIpc) is 2.70. The van der Waals surface area contributed by atoms with Gasteiger partial charge in [-0.2, -0.15) is 0 Å². The molecule has 0 spiro atoms. The van der Waals surface area contributed by atoms with E-state index in [9.17, 15) is 9.59 Å². The Labute approximate surface area is 174 Å². The quantitative estimate of drug-likeness (QED) is 0.671. The molecule has 1 amide bonds. The van der Waals surface area contributed by atoms with E-state index < -0.39 is 5.91 Å². The number of nitrogens with zero attached hydrogens (tertiary/aromatic N) is 1. The molecular formula is C22H25BrN2O3. The van der Waals surface area contributed by atoms with Crippen LogP contribution in [0.2, 0.25) is 0 Å². The number of ketones is 1. The topological polar surface area (TPSA) is 72.6 Å². The van der Waals surface area contributed by atoms with E-state index >= 15 is 0 Å². The van der Waals surface area contributed by atoms with Crippen molar-refractivity contribution in [2.75, 3.05) is 19.7 Å². The lowest BCUT2D eigenvalue weighted by molar-refractivity contribution is -0.122. The fraction of sp³-hybridized carbons (Fsp3) is 0.364. The molecule has 1 aliphatic heterocycles. The molecule has 28 heavy (non-hydrogen) atoms. The molecule has 0 aromatic heterocycles. The van der Waals surface area contributed by atoms with Crippen LogP contribution in [0.25, 0.3) is 0 Å². The van der Waals surface area contributed by atoms with Gasteiger partial charge in [0.1, 0.15) is 12.4 Å². The number of halogens is 1. The molecule has 1 aliphatic rings. The number of nitrogens with two attached hydrogens (primary N) is 1. The van der Waals surface area contributed by atoms with Crippen LogP contribution in [0, 0.1) is 5.92 Å². The third kappa shape index (κ3) is 6.17. The van der Waals surface area contributed by atoms with Crippen LogP contribution in [-0.2, 0) is 11.3 Å². The van der Waals surface area contributed by atoms with Gasteiger partial charge in [-0.15, -0.1) is 0 Å². The summed E-state index contributed by atoms with van der Waals surface area (Å²) in [5.41, 5.74) is 6.95. The zero-order chi connectivity index (χ0) is 19.9. The maximum Gasteiger partial charge on any atom is 0.248 e. The zero-order valence-electron chi connectivity index (χ0n) is 15.8. The Morgan fingerprint density at radius 2 is 1.68 bits per heavy atom.